The molecular weight excluding hydrogens is 373 g/mol. The minimum Gasteiger partial charge on any atom is -0.307 e. The third-order valence-corrected chi connectivity index (χ3v) is 4.74. The molecule has 26 heavy (non-hydrogen) atoms. The minimum atomic E-state index is -0.909. The number of nitrogens with one attached hydrogen (secondary N) is 1. The molecule has 2 aromatic heterocycles. The Hall–Kier alpha value is -2.31. The average molecular weight is 392 g/mol. The van der Waals surface area contributed by atoms with Crippen LogP contribution in [-0.2, 0) is 16.9 Å². The van der Waals surface area contributed by atoms with Gasteiger partial charge in [-0.1, -0.05) is 41.4 Å². The lowest BCUT2D eigenvalue weighted by atomic mass is 10.1. The molecule has 3 rings (SSSR count). The van der Waals surface area contributed by atoms with Crippen molar-refractivity contribution in [2.24, 2.45) is 0 Å². The summed E-state index contributed by atoms with van der Waals surface area (Å²) in [5.41, 5.74) is 0.970. The molecule has 0 saturated carbocycles. The number of halogens is 2. The van der Waals surface area contributed by atoms with Gasteiger partial charge >= 0.3 is 0 Å². The van der Waals surface area contributed by atoms with Crippen LogP contribution < -0.4 is 5.32 Å². The molecule has 0 aliphatic rings. The van der Waals surface area contributed by atoms with Crippen LogP contribution in [0.3, 0.4) is 0 Å². The summed E-state index contributed by atoms with van der Waals surface area (Å²) in [5.74, 6) is 0.241. The average Bonchev–Trinajstić information content (AvgIpc) is 3.16. The Kier molecular flexibility index (Phi) is 5.07. The molecule has 0 aliphatic heterocycles. The zero-order valence-corrected chi connectivity index (χ0v) is 16.2. The number of carbonyl (C=O) groups is 1. The van der Waals surface area contributed by atoms with Gasteiger partial charge < -0.3 is 5.32 Å². The van der Waals surface area contributed by atoms with Gasteiger partial charge in [0.15, 0.2) is 5.82 Å². The summed E-state index contributed by atoms with van der Waals surface area (Å²) in [7, 11) is 0. The molecule has 0 radical (unpaired) electrons. The number of rotatable bonds is 5. The van der Waals surface area contributed by atoms with Crippen LogP contribution in [0.5, 0.6) is 0 Å². The van der Waals surface area contributed by atoms with Gasteiger partial charge in [0.1, 0.15) is 5.54 Å². The second-order valence-corrected chi connectivity index (χ2v) is 7.38. The number of aryl methyl sites for hydroxylation is 1. The van der Waals surface area contributed by atoms with Gasteiger partial charge in [-0.15, -0.1) is 0 Å². The zero-order chi connectivity index (χ0) is 18.9. The van der Waals surface area contributed by atoms with Crippen molar-refractivity contribution in [3.63, 3.8) is 0 Å². The van der Waals surface area contributed by atoms with E-state index in [-0.39, 0.29) is 5.91 Å². The molecule has 0 fully saturated rings. The molecule has 0 unspecified atom stereocenters. The number of aromatic nitrogens is 4. The van der Waals surface area contributed by atoms with E-state index in [9.17, 15) is 4.79 Å². The quantitative estimate of drug-likeness (QED) is 0.711. The molecule has 8 heteroatoms. The van der Waals surface area contributed by atoms with Gasteiger partial charge in [-0.3, -0.25) is 14.2 Å². The lowest BCUT2D eigenvalue weighted by Crippen LogP contribution is -2.40. The highest BCUT2D eigenvalue weighted by atomic mass is 35.5. The molecule has 2 heterocycles. The number of nitrogens with zero attached hydrogens (tertiary/aromatic N) is 4. The van der Waals surface area contributed by atoms with Crippen LogP contribution in [-0.4, -0.2) is 25.5 Å². The summed E-state index contributed by atoms with van der Waals surface area (Å²) < 4.78 is 3.33. The van der Waals surface area contributed by atoms with E-state index < -0.39 is 5.54 Å². The smallest absolute Gasteiger partial charge is 0.252 e. The molecular formula is C18H19Cl2N5O. The van der Waals surface area contributed by atoms with E-state index in [1.54, 1.807) is 24.7 Å². The van der Waals surface area contributed by atoms with Crippen molar-refractivity contribution < 1.29 is 4.79 Å². The molecule has 3 aromatic rings. The first-order chi connectivity index (χ1) is 12.3. The fourth-order valence-electron chi connectivity index (χ4n) is 2.50. The van der Waals surface area contributed by atoms with Crippen molar-refractivity contribution in [3.05, 3.63) is 64.0 Å². The van der Waals surface area contributed by atoms with E-state index >= 15 is 0 Å². The maximum absolute atomic E-state index is 12.7. The molecule has 0 aliphatic carbocycles. The second-order valence-electron chi connectivity index (χ2n) is 6.54. The van der Waals surface area contributed by atoms with Crippen LogP contribution in [0.1, 0.15) is 25.1 Å². The van der Waals surface area contributed by atoms with Crippen LogP contribution in [0, 0.1) is 6.92 Å². The number of hydrogen-bond acceptors (Lipinski definition) is 3. The molecule has 136 valence electrons. The Bertz CT molecular complexity index is 945. The molecule has 6 nitrogen and oxygen atoms in total. The van der Waals surface area contributed by atoms with Crippen LogP contribution in [0.4, 0.5) is 5.82 Å². The van der Waals surface area contributed by atoms with Crippen LogP contribution in [0.15, 0.2) is 42.7 Å². The fraction of sp³-hybridized carbons (Fsp3) is 0.278. The predicted octanol–water partition coefficient (Wildman–Crippen LogP) is 4.12. The van der Waals surface area contributed by atoms with Crippen molar-refractivity contribution in [3.8, 4) is 0 Å². The van der Waals surface area contributed by atoms with Crippen molar-refractivity contribution in [2.45, 2.75) is 32.9 Å². The van der Waals surface area contributed by atoms with Crippen molar-refractivity contribution in [2.75, 3.05) is 5.32 Å². The number of hydrogen-bond donors (Lipinski definition) is 1. The van der Waals surface area contributed by atoms with Gasteiger partial charge in [-0.05, 0) is 32.4 Å². The summed E-state index contributed by atoms with van der Waals surface area (Å²) in [4.78, 5) is 12.7. The summed E-state index contributed by atoms with van der Waals surface area (Å²) >= 11 is 12.1. The standard InChI is InChI=1S/C18H19Cl2N5O/c1-12-8-16(23-24(12)10-13-6-4-5-7-15(13)20)22-17(26)18(2,3)25-11-14(19)9-21-25/h4-9,11H,10H2,1-3H3,(H,22,23,26). The van der Waals surface area contributed by atoms with Crippen molar-refractivity contribution >= 4 is 34.9 Å². The van der Waals surface area contributed by atoms with E-state index in [0.29, 0.717) is 22.4 Å². The summed E-state index contributed by atoms with van der Waals surface area (Å²) in [6.45, 7) is 5.98. The van der Waals surface area contributed by atoms with Gasteiger partial charge in [0, 0.05) is 23.0 Å². The monoisotopic (exact) mass is 391 g/mol. The first-order valence-electron chi connectivity index (χ1n) is 8.07. The lowest BCUT2D eigenvalue weighted by molar-refractivity contribution is -0.123. The normalized spacial score (nSPS) is 11.6. The number of anilines is 1. The molecule has 1 aromatic carbocycles. The maximum Gasteiger partial charge on any atom is 0.252 e. The van der Waals surface area contributed by atoms with Gasteiger partial charge in [-0.25, -0.2) is 0 Å². The first-order valence-corrected chi connectivity index (χ1v) is 8.83. The highest BCUT2D eigenvalue weighted by Crippen LogP contribution is 2.21. The SMILES string of the molecule is Cc1cc(NC(=O)C(C)(C)n2cc(Cl)cn2)nn1Cc1ccccc1Cl. The maximum atomic E-state index is 12.7. The van der Waals surface area contributed by atoms with E-state index in [4.69, 9.17) is 23.2 Å². The molecule has 1 amide bonds. The minimum absolute atomic E-state index is 0.236. The molecule has 0 saturated heterocycles. The Morgan fingerprint density at radius 2 is 2.00 bits per heavy atom. The summed E-state index contributed by atoms with van der Waals surface area (Å²) in [6, 6.07) is 9.43. The van der Waals surface area contributed by atoms with Crippen LogP contribution in [0.25, 0.3) is 0 Å². The number of amides is 1. The van der Waals surface area contributed by atoms with Gasteiger partial charge in [0.25, 0.3) is 5.91 Å². The second kappa shape index (κ2) is 7.13. The Morgan fingerprint density at radius 1 is 1.27 bits per heavy atom. The Labute approximate surface area is 161 Å². The van der Waals surface area contributed by atoms with Gasteiger partial charge in [0.2, 0.25) is 0 Å². The van der Waals surface area contributed by atoms with Gasteiger partial charge in [-0.2, -0.15) is 10.2 Å². The van der Waals surface area contributed by atoms with E-state index in [2.05, 4.69) is 15.5 Å². The van der Waals surface area contributed by atoms with Crippen LogP contribution in [0.2, 0.25) is 10.0 Å². The Balaban J connectivity index is 1.77. The molecule has 0 spiro atoms. The van der Waals surface area contributed by atoms with Crippen LogP contribution >= 0.6 is 23.2 Å². The molecule has 0 atom stereocenters. The summed E-state index contributed by atoms with van der Waals surface area (Å²) in [6.07, 6.45) is 3.11. The van der Waals surface area contributed by atoms with Gasteiger partial charge in [0.05, 0.1) is 17.8 Å². The zero-order valence-electron chi connectivity index (χ0n) is 14.7. The topological polar surface area (TPSA) is 64.7 Å². The van der Waals surface area contributed by atoms with E-state index in [0.717, 1.165) is 11.3 Å². The fourth-order valence-corrected chi connectivity index (χ4v) is 2.83. The predicted molar refractivity (Wildman–Crippen MR) is 103 cm³/mol. The third-order valence-electron chi connectivity index (χ3n) is 4.18. The largest absolute Gasteiger partial charge is 0.307 e. The van der Waals surface area contributed by atoms with Crippen molar-refractivity contribution in [1.29, 1.82) is 0 Å². The highest BCUT2D eigenvalue weighted by Gasteiger charge is 2.31. The molecule has 0 bridgehead atoms. The number of carbonyl (C=O) groups excluding carboxylic acids is 1. The lowest BCUT2D eigenvalue weighted by Gasteiger charge is -2.23. The molecule has 1 N–H and O–H groups in total. The van der Waals surface area contributed by atoms with E-state index in [1.807, 2.05) is 37.3 Å². The highest BCUT2D eigenvalue weighted by molar-refractivity contribution is 6.31. The number of benzene rings is 1. The van der Waals surface area contributed by atoms with E-state index in [1.165, 1.54) is 10.9 Å². The van der Waals surface area contributed by atoms with Crippen molar-refractivity contribution in [1.82, 2.24) is 19.6 Å². The summed E-state index contributed by atoms with van der Waals surface area (Å²) in [5, 5.41) is 12.6. The first kappa shape index (κ1) is 18.5. The Morgan fingerprint density at radius 3 is 2.65 bits per heavy atom. The third kappa shape index (κ3) is 3.76.